The molecule has 1 unspecified atom stereocenters. The SMILES string of the molecule is Fc1ccc(C(F)(F)F)cc1C12CNC[C@H]1C2. The van der Waals surface area contributed by atoms with Gasteiger partial charge in [0.25, 0.3) is 0 Å². The minimum absolute atomic E-state index is 0.224. The highest BCUT2D eigenvalue weighted by Crippen LogP contribution is 2.57. The van der Waals surface area contributed by atoms with Crippen molar-refractivity contribution in [3.05, 3.63) is 35.1 Å². The number of alkyl halides is 3. The maximum absolute atomic E-state index is 13.7. The van der Waals surface area contributed by atoms with Crippen LogP contribution in [0.3, 0.4) is 0 Å². The summed E-state index contributed by atoms with van der Waals surface area (Å²) in [6, 6.07) is 2.71. The zero-order valence-corrected chi connectivity index (χ0v) is 8.94. The average molecular weight is 245 g/mol. The van der Waals surface area contributed by atoms with Crippen molar-refractivity contribution in [2.45, 2.75) is 18.0 Å². The van der Waals surface area contributed by atoms with Crippen LogP contribution in [0.2, 0.25) is 0 Å². The molecule has 0 bridgehead atoms. The number of halogens is 4. The van der Waals surface area contributed by atoms with E-state index >= 15 is 0 Å². The Labute approximate surface area is 95.8 Å². The van der Waals surface area contributed by atoms with Gasteiger partial charge in [0.2, 0.25) is 0 Å². The Morgan fingerprint density at radius 1 is 1.29 bits per heavy atom. The predicted octanol–water partition coefficient (Wildman–Crippen LogP) is 2.71. The van der Waals surface area contributed by atoms with Crippen LogP contribution in [0.15, 0.2) is 18.2 Å². The monoisotopic (exact) mass is 245 g/mol. The summed E-state index contributed by atoms with van der Waals surface area (Å²) in [5, 5.41) is 3.10. The number of hydrogen-bond donors (Lipinski definition) is 1. The molecule has 1 N–H and O–H groups in total. The van der Waals surface area contributed by atoms with Crippen LogP contribution in [0.1, 0.15) is 17.5 Å². The largest absolute Gasteiger partial charge is 0.416 e. The molecule has 17 heavy (non-hydrogen) atoms. The molecule has 1 saturated carbocycles. The topological polar surface area (TPSA) is 12.0 Å². The van der Waals surface area contributed by atoms with Crippen molar-refractivity contribution in [2.24, 2.45) is 5.92 Å². The molecule has 0 amide bonds. The number of hydrogen-bond acceptors (Lipinski definition) is 1. The van der Waals surface area contributed by atoms with E-state index < -0.39 is 17.6 Å². The molecule has 2 atom stereocenters. The van der Waals surface area contributed by atoms with Crippen LogP contribution >= 0.6 is 0 Å². The normalized spacial score (nSPS) is 31.4. The lowest BCUT2D eigenvalue weighted by molar-refractivity contribution is -0.137. The van der Waals surface area contributed by atoms with Gasteiger partial charge in [0.15, 0.2) is 0 Å². The van der Waals surface area contributed by atoms with Crippen LogP contribution in [-0.4, -0.2) is 13.1 Å². The van der Waals surface area contributed by atoms with Gasteiger partial charge in [0.1, 0.15) is 5.82 Å². The van der Waals surface area contributed by atoms with Gasteiger partial charge < -0.3 is 5.32 Å². The third-order valence-electron chi connectivity index (χ3n) is 3.89. The Balaban J connectivity index is 2.05. The van der Waals surface area contributed by atoms with Gasteiger partial charge in [-0.3, -0.25) is 0 Å². The Morgan fingerprint density at radius 3 is 2.59 bits per heavy atom. The molecule has 92 valence electrons. The molecule has 1 aromatic carbocycles. The van der Waals surface area contributed by atoms with E-state index in [-0.39, 0.29) is 11.0 Å². The summed E-state index contributed by atoms with van der Waals surface area (Å²) in [6.07, 6.45) is -3.62. The number of rotatable bonds is 1. The van der Waals surface area contributed by atoms with Crippen molar-refractivity contribution in [1.29, 1.82) is 0 Å². The maximum atomic E-state index is 13.7. The fourth-order valence-corrected chi connectivity index (χ4v) is 2.84. The van der Waals surface area contributed by atoms with Gasteiger partial charge in [-0.05, 0) is 42.6 Å². The van der Waals surface area contributed by atoms with Gasteiger partial charge in [-0.1, -0.05) is 0 Å². The Bertz CT molecular complexity index is 468. The summed E-state index contributed by atoms with van der Waals surface area (Å²) in [5.41, 5.74) is -0.922. The van der Waals surface area contributed by atoms with Crippen LogP contribution in [0, 0.1) is 11.7 Å². The molecule has 1 heterocycles. The van der Waals surface area contributed by atoms with Crippen LogP contribution in [0.4, 0.5) is 17.6 Å². The summed E-state index contributed by atoms with van der Waals surface area (Å²) in [6.45, 7) is 1.35. The van der Waals surface area contributed by atoms with Gasteiger partial charge in [-0.25, -0.2) is 4.39 Å². The first kappa shape index (κ1) is 11.0. The van der Waals surface area contributed by atoms with E-state index in [4.69, 9.17) is 0 Å². The smallest absolute Gasteiger partial charge is 0.316 e. The van der Waals surface area contributed by atoms with Gasteiger partial charge >= 0.3 is 6.18 Å². The summed E-state index contributed by atoms with van der Waals surface area (Å²) in [4.78, 5) is 0. The molecule has 1 aliphatic carbocycles. The Hall–Kier alpha value is -1.10. The van der Waals surface area contributed by atoms with E-state index in [2.05, 4.69) is 5.32 Å². The summed E-state index contributed by atoms with van der Waals surface area (Å²) < 4.78 is 51.4. The molecule has 1 saturated heterocycles. The quantitative estimate of drug-likeness (QED) is 0.750. The first-order chi connectivity index (χ1) is 7.93. The molecule has 5 heteroatoms. The standard InChI is InChI=1S/C12H11F4N/c13-10-2-1-7(12(14,15)16)3-9(10)11-4-8(11)5-17-6-11/h1-3,8,17H,4-6H2/t8-,11?/m1/s1. The summed E-state index contributed by atoms with van der Waals surface area (Å²) in [5.74, 6) is -0.232. The molecule has 2 aliphatic rings. The third kappa shape index (κ3) is 1.56. The van der Waals surface area contributed by atoms with Gasteiger partial charge in [-0.2, -0.15) is 13.2 Å². The van der Waals surface area contributed by atoms with Crippen molar-refractivity contribution in [3.63, 3.8) is 0 Å². The van der Waals surface area contributed by atoms with E-state index in [1.807, 2.05) is 0 Å². The van der Waals surface area contributed by atoms with Crippen molar-refractivity contribution in [3.8, 4) is 0 Å². The van der Waals surface area contributed by atoms with Crippen LogP contribution in [0.5, 0.6) is 0 Å². The van der Waals surface area contributed by atoms with Crippen molar-refractivity contribution in [1.82, 2.24) is 5.32 Å². The summed E-state index contributed by atoms with van der Waals surface area (Å²) in [7, 11) is 0. The average Bonchev–Trinajstić information content (AvgIpc) is 2.80. The first-order valence-electron chi connectivity index (χ1n) is 5.51. The fraction of sp³-hybridized carbons (Fsp3) is 0.500. The molecule has 1 nitrogen and oxygen atoms in total. The van der Waals surface area contributed by atoms with E-state index in [9.17, 15) is 17.6 Å². The molecule has 0 radical (unpaired) electrons. The number of piperidine rings is 1. The second kappa shape index (κ2) is 3.22. The lowest BCUT2D eigenvalue weighted by Gasteiger charge is -2.16. The van der Waals surface area contributed by atoms with Crippen molar-refractivity contribution < 1.29 is 17.6 Å². The highest BCUT2D eigenvalue weighted by Gasteiger charge is 2.59. The van der Waals surface area contributed by atoms with Crippen LogP contribution < -0.4 is 5.32 Å². The second-order valence-electron chi connectivity index (χ2n) is 4.88. The van der Waals surface area contributed by atoms with E-state index in [0.29, 0.717) is 12.5 Å². The number of fused-ring (bicyclic) bond motifs is 1. The molecular weight excluding hydrogens is 234 g/mol. The molecule has 2 fully saturated rings. The summed E-state index contributed by atoms with van der Waals surface area (Å²) >= 11 is 0. The molecule has 3 rings (SSSR count). The van der Waals surface area contributed by atoms with Crippen LogP contribution in [0.25, 0.3) is 0 Å². The second-order valence-corrected chi connectivity index (χ2v) is 4.88. The predicted molar refractivity (Wildman–Crippen MR) is 54.1 cm³/mol. The maximum Gasteiger partial charge on any atom is 0.416 e. The van der Waals surface area contributed by atoms with Gasteiger partial charge in [0.05, 0.1) is 5.56 Å². The van der Waals surface area contributed by atoms with Gasteiger partial charge in [0, 0.05) is 12.0 Å². The third-order valence-corrected chi connectivity index (χ3v) is 3.89. The van der Waals surface area contributed by atoms with E-state index in [0.717, 1.165) is 31.2 Å². The highest BCUT2D eigenvalue weighted by atomic mass is 19.4. The lowest BCUT2D eigenvalue weighted by Crippen LogP contribution is -2.21. The highest BCUT2D eigenvalue weighted by molar-refractivity contribution is 5.41. The van der Waals surface area contributed by atoms with Crippen molar-refractivity contribution >= 4 is 0 Å². The van der Waals surface area contributed by atoms with Crippen LogP contribution in [-0.2, 0) is 11.6 Å². The zero-order valence-electron chi connectivity index (χ0n) is 8.94. The minimum Gasteiger partial charge on any atom is -0.316 e. The molecule has 0 spiro atoms. The fourth-order valence-electron chi connectivity index (χ4n) is 2.84. The Morgan fingerprint density at radius 2 is 2.06 bits per heavy atom. The molecule has 1 aromatic rings. The lowest BCUT2D eigenvalue weighted by atomic mass is 9.93. The molecular formula is C12H11F4N. The van der Waals surface area contributed by atoms with Crippen molar-refractivity contribution in [2.75, 3.05) is 13.1 Å². The zero-order chi connectivity index (χ0) is 12.3. The van der Waals surface area contributed by atoms with E-state index in [1.165, 1.54) is 0 Å². The molecule has 1 aliphatic heterocycles. The minimum atomic E-state index is -4.41. The number of nitrogens with one attached hydrogen (secondary N) is 1. The first-order valence-corrected chi connectivity index (χ1v) is 5.51. The molecule has 0 aromatic heterocycles. The Kier molecular flexibility index (Phi) is 2.09. The number of benzene rings is 1. The van der Waals surface area contributed by atoms with Gasteiger partial charge in [-0.15, -0.1) is 0 Å². The van der Waals surface area contributed by atoms with E-state index in [1.54, 1.807) is 0 Å².